The first kappa shape index (κ1) is 16.0. The maximum atomic E-state index is 12.3. The molecule has 3 nitrogen and oxygen atoms in total. The summed E-state index contributed by atoms with van der Waals surface area (Å²) >= 11 is 0. The van der Waals surface area contributed by atoms with Gasteiger partial charge in [0.2, 0.25) is 0 Å². The van der Waals surface area contributed by atoms with E-state index in [4.69, 9.17) is 4.74 Å². The molecule has 1 N–H and O–H groups in total. The molecule has 22 heavy (non-hydrogen) atoms. The van der Waals surface area contributed by atoms with Gasteiger partial charge in [-0.05, 0) is 55.9 Å². The standard InChI is InChI=1S/C19H31NO2/c1-12(2)10-20-11-15-14-8-16-13(3)6-5-7-19(16,4)9-17(14)22-18(15)21/h12,14-17,20H,3,5-11H2,1-2,4H3/t14-,15+,16-,17-,19-/m1/s1. The maximum absolute atomic E-state index is 12.3. The molecule has 0 amide bonds. The lowest BCUT2D eigenvalue weighted by atomic mass is 9.55. The van der Waals surface area contributed by atoms with Crippen LogP contribution in [0.3, 0.4) is 0 Å². The molecule has 3 rings (SSSR count). The van der Waals surface area contributed by atoms with Crippen molar-refractivity contribution in [2.75, 3.05) is 13.1 Å². The van der Waals surface area contributed by atoms with Gasteiger partial charge in [0.05, 0.1) is 5.92 Å². The van der Waals surface area contributed by atoms with Gasteiger partial charge in [-0.3, -0.25) is 4.79 Å². The van der Waals surface area contributed by atoms with Gasteiger partial charge in [-0.25, -0.2) is 0 Å². The molecular formula is C19H31NO2. The van der Waals surface area contributed by atoms with Crippen LogP contribution in [0, 0.1) is 29.1 Å². The molecule has 124 valence electrons. The van der Waals surface area contributed by atoms with E-state index in [1.807, 2.05) is 0 Å². The number of ether oxygens (including phenoxy) is 1. The van der Waals surface area contributed by atoms with Crippen molar-refractivity contribution in [1.82, 2.24) is 5.32 Å². The van der Waals surface area contributed by atoms with E-state index >= 15 is 0 Å². The van der Waals surface area contributed by atoms with Crippen molar-refractivity contribution in [1.29, 1.82) is 0 Å². The Bertz CT molecular complexity index is 458. The molecule has 0 radical (unpaired) electrons. The second-order valence-electron chi connectivity index (χ2n) is 8.46. The van der Waals surface area contributed by atoms with Gasteiger partial charge in [-0.15, -0.1) is 0 Å². The third-order valence-corrected chi connectivity index (χ3v) is 6.24. The van der Waals surface area contributed by atoms with Gasteiger partial charge in [-0.2, -0.15) is 0 Å². The molecule has 1 aliphatic heterocycles. The lowest BCUT2D eigenvalue weighted by molar-refractivity contribution is -0.146. The monoisotopic (exact) mass is 305 g/mol. The first-order valence-corrected chi connectivity index (χ1v) is 8.99. The van der Waals surface area contributed by atoms with Crippen LogP contribution in [0.1, 0.15) is 52.9 Å². The van der Waals surface area contributed by atoms with E-state index in [1.165, 1.54) is 24.8 Å². The van der Waals surface area contributed by atoms with Gasteiger partial charge < -0.3 is 10.1 Å². The van der Waals surface area contributed by atoms with E-state index < -0.39 is 0 Å². The summed E-state index contributed by atoms with van der Waals surface area (Å²) in [4.78, 5) is 12.3. The average Bonchev–Trinajstić information content (AvgIpc) is 2.71. The Balaban J connectivity index is 1.70. The quantitative estimate of drug-likeness (QED) is 0.637. The Labute approximate surface area is 134 Å². The van der Waals surface area contributed by atoms with Crippen molar-refractivity contribution >= 4 is 5.97 Å². The number of rotatable bonds is 4. The fourth-order valence-corrected chi connectivity index (χ4v) is 5.02. The normalized spacial score (nSPS) is 41.3. The molecule has 0 aromatic heterocycles. The van der Waals surface area contributed by atoms with Crippen molar-refractivity contribution < 1.29 is 9.53 Å². The number of esters is 1. The van der Waals surface area contributed by atoms with Gasteiger partial charge in [0.1, 0.15) is 6.10 Å². The van der Waals surface area contributed by atoms with Gasteiger partial charge in [-0.1, -0.05) is 32.9 Å². The van der Waals surface area contributed by atoms with E-state index in [0.717, 1.165) is 25.9 Å². The summed E-state index contributed by atoms with van der Waals surface area (Å²) in [5, 5.41) is 3.46. The van der Waals surface area contributed by atoms with Gasteiger partial charge in [0.15, 0.2) is 0 Å². The topological polar surface area (TPSA) is 38.3 Å². The fraction of sp³-hybridized carbons (Fsp3) is 0.842. The molecule has 1 heterocycles. The highest BCUT2D eigenvalue weighted by molar-refractivity contribution is 5.75. The molecule has 3 fully saturated rings. The second kappa shape index (κ2) is 5.99. The zero-order chi connectivity index (χ0) is 15.9. The van der Waals surface area contributed by atoms with Crippen molar-refractivity contribution in [3.63, 3.8) is 0 Å². The Kier molecular flexibility index (Phi) is 4.37. The maximum Gasteiger partial charge on any atom is 0.310 e. The highest BCUT2D eigenvalue weighted by Gasteiger charge is 2.54. The third kappa shape index (κ3) is 2.84. The molecule has 0 aromatic rings. The number of fused-ring (bicyclic) bond motifs is 2. The zero-order valence-corrected chi connectivity index (χ0v) is 14.4. The van der Waals surface area contributed by atoms with Crippen molar-refractivity contribution in [2.24, 2.45) is 29.1 Å². The van der Waals surface area contributed by atoms with Gasteiger partial charge in [0, 0.05) is 12.5 Å². The van der Waals surface area contributed by atoms with Crippen molar-refractivity contribution in [2.45, 2.75) is 59.0 Å². The molecule has 0 unspecified atom stereocenters. The van der Waals surface area contributed by atoms with Crippen LogP contribution in [0.25, 0.3) is 0 Å². The summed E-state index contributed by atoms with van der Waals surface area (Å²) in [7, 11) is 0. The molecule has 2 saturated carbocycles. The number of hydrogen-bond acceptors (Lipinski definition) is 3. The van der Waals surface area contributed by atoms with Crippen LogP contribution in [0.4, 0.5) is 0 Å². The Morgan fingerprint density at radius 2 is 2.23 bits per heavy atom. The molecular weight excluding hydrogens is 274 g/mol. The van der Waals surface area contributed by atoms with Crippen LogP contribution < -0.4 is 5.32 Å². The molecule has 3 heteroatoms. The summed E-state index contributed by atoms with van der Waals surface area (Å²) in [6, 6.07) is 0. The van der Waals surface area contributed by atoms with E-state index in [9.17, 15) is 4.79 Å². The molecule has 2 aliphatic carbocycles. The fourth-order valence-electron chi connectivity index (χ4n) is 5.02. The lowest BCUT2D eigenvalue weighted by Crippen LogP contribution is -2.45. The summed E-state index contributed by atoms with van der Waals surface area (Å²) in [6.07, 6.45) is 5.95. The summed E-state index contributed by atoms with van der Waals surface area (Å²) in [6.45, 7) is 12.9. The smallest absolute Gasteiger partial charge is 0.310 e. The number of allylic oxidation sites excluding steroid dienone is 1. The minimum absolute atomic E-state index is 0.0270. The highest BCUT2D eigenvalue weighted by atomic mass is 16.6. The van der Waals surface area contributed by atoms with E-state index in [-0.39, 0.29) is 18.0 Å². The molecule has 0 bridgehead atoms. The number of hydrogen-bond donors (Lipinski definition) is 1. The molecule has 0 spiro atoms. The second-order valence-corrected chi connectivity index (χ2v) is 8.46. The number of nitrogens with one attached hydrogen (secondary N) is 1. The predicted molar refractivity (Wildman–Crippen MR) is 88.4 cm³/mol. The number of carbonyl (C=O) groups is 1. The summed E-state index contributed by atoms with van der Waals surface area (Å²) < 4.78 is 5.78. The predicted octanol–water partition coefficient (Wildman–Crippen LogP) is 3.55. The SMILES string of the molecule is C=C1CCC[C@]2(C)C[C@H]3OC(=O)[C@@H](CNCC(C)C)[C@H]3C[C@H]12. The first-order chi connectivity index (χ1) is 10.4. The molecule has 3 aliphatic rings. The highest BCUT2D eigenvalue weighted by Crippen LogP contribution is 2.56. The van der Waals surface area contributed by atoms with Crippen LogP contribution in [0.15, 0.2) is 12.2 Å². The van der Waals surface area contributed by atoms with Crippen molar-refractivity contribution in [3.8, 4) is 0 Å². The van der Waals surface area contributed by atoms with Gasteiger partial charge in [0.25, 0.3) is 0 Å². The number of carbonyl (C=O) groups excluding carboxylic acids is 1. The van der Waals surface area contributed by atoms with Crippen LogP contribution in [-0.4, -0.2) is 25.2 Å². The van der Waals surface area contributed by atoms with Crippen LogP contribution >= 0.6 is 0 Å². The van der Waals surface area contributed by atoms with E-state index in [0.29, 0.717) is 23.2 Å². The van der Waals surface area contributed by atoms with E-state index in [1.54, 1.807) is 0 Å². The first-order valence-electron chi connectivity index (χ1n) is 8.99. The Morgan fingerprint density at radius 1 is 1.45 bits per heavy atom. The average molecular weight is 305 g/mol. The van der Waals surface area contributed by atoms with E-state index in [2.05, 4.69) is 32.7 Å². The lowest BCUT2D eigenvalue weighted by Gasteiger charge is -2.50. The summed E-state index contributed by atoms with van der Waals surface area (Å²) in [5.41, 5.74) is 1.72. The van der Waals surface area contributed by atoms with Crippen LogP contribution in [0.2, 0.25) is 0 Å². The van der Waals surface area contributed by atoms with Crippen LogP contribution in [0.5, 0.6) is 0 Å². The molecule has 1 saturated heterocycles. The zero-order valence-electron chi connectivity index (χ0n) is 14.4. The molecule has 0 aromatic carbocycles. The Hall–Kier alpha value is -0.830. The van der Waals surface area contributed by atoms with Gasteiger partial charge >= 0.3 is 5.97 Å². The largest absolute Gasteiger partial charge is 0.462 e. The minimum Gasteiger partial charge on any atom is -0.462 e. The minimum atomic E-state index is 0.0270. The van der Waals surface area contributed by atoms with Crippen molar-refractivity contribution in [3.05, 3.63) is 12.2 Å². The Morgan fingerprint density at radius 3 is 2.95 bits per heavy atom. The summed E-state index contributed by atoms with van der Waals surface area (Å²) in [5.74, 6) is 1.66. The third-order valence-electron chi connectivity index (χ3n) is 6.24. The molecule has 5 atom stereocenters. The van der Waals surface area contributed by atoms with Crippen LogP contribution in [-0.2, 0) is 9.53 Å².